The molecule has 1 atom stereocenters. The minimum Gasteiger partial charge on any atom is -0.461 e. The smallest absolute Gasteiger partial charge is 0.407 e. The Bertz CT molecular complexity index is 985. The third-order valence-electron chi connectivity index (χ3n) is 5.26. The van der Waals surface area contributed by atoms with Gasteiger partial charge in [-0.1, -0.05) is 73.8 Å². The Hall–Kier alpha value is -3.87. The maximum absolute atomic E-state index is 12.5. The summed E-state index contributed by atoms with van der Waals surface area (Å²) in [5.41, 5.74) is 4.40. The summed E-state index contributed by atoms with van der Waals surface area (Å²) < 4.78 is 15.5. The molecule has 0 heterocycles. The van der Waals surface area contributed by atoms with Crippen molar-refractivity contribution in [2.45, 2.75) is 24.8 Å². The minimum absolute atomic E-state index is 0.0101. The molecule has 1 aliphatic rings. The molecule has 0 radical (unpaired) electrons. The number of alkyl carbamates (subject to hydrolysis) is 1. The third-order valence-corrected chi connectivity index (χ3v) is 5.26. The van der Waals surface area contributed by atoms with Crippen molar-refractivity contribution in [2.75, 3.05) is 19.8 Å². The summed E-state index contributed by atoms with van der Waals surface area (Å²) in [6.07, 6.45) is 2.03. The van der Waals surface area contributed by atoms with Gasteiger partial charge in [-0.2, -0.15) is 0 Å². The second-order valence-electron chi connectivity index (χ2n) is 7.45. The van der Waals surface area contributed by atoms with E-state index in [-0.39, 0.29) is 38.6 Å². The zero-order chi connectivity index (χ0) is 23.6. The monoisotopic (exact) mass is 449 g/mol. The number of amides is 1. The van der Waals surface area contributed by atoms with Crippen molar-refractivity contribution in [3.63, 3.8) is 0 Å². The number of nitrogens with one attached hydrogen (secondary N) is 1. The van der Waals surface area contributed by atoms with Gasteiger partial charge in [0.2, 0.25) is 0 Å². The van der Waals surface area contributed by atoms with Crippen molar-refractivity contribution in [3.05, 3.63) is 85.0 Å². The van der Waals surface area contributed by atoms with Crippen LogP contribution >= 0.6 is 0 Å². The number of ether oxygens (including phenoxy) is 3. The summed E-state index contributed by atoms with van der Waals surface area (Å²) in [6.45, 7) is 7.14. The Balaban J connectivity index is 1.62. The molecule has 1 aliphatic carbocycles. The molecule has 3 rings (SSSR count). The molecule has 0 spiro atoms. The second kappa shape index (κ2) is 11.7. The van der Waals surface area contributed by atoms with Crippen molar-refractivity contribution in [2.24, 2.45) is 0 Å². The van der Waals surface area contributed by atoms with E-state index in [0.717, 1.165) is 22.3 Å². The summed E-state index contributed by atoms with van der Waals surface area (Å²) in [7, 11) is 0. The second-order valence-corrected chi connectivity index (χ2v) is 7.45. The number of hydrogen-bond acceptors (Lipinski definition) is 6. The number of carbonyl (C=O) groups is 3. The standard InChI is InChI=1S/C26H27NO6/c1-3-15-31-24(28)14-13-23(25(29)32-16-4-2)27-26(30)33-17-22-20-11-7-5-9-18(20)19-10-6-8-12-21(19)22/h3-12,22-23H,1-2,13-17H2,(H,27,30)/t23-/m0/s1. The molecule has 0 saturated heterocycles. The molecule has 172 valence electrons. The highest BCUT2D eigenvalue weighted by Crippen LogP contribution is 2.44. The fraction of sp³-hybridized carbons (Fsp3) is 0.269. The van der Waals surface area contributed by atoms with Crippen LogP contribution in [0.3, 0.4) is 0 Å². The van der Waals surface area contributed by atoms with E-state index in [9.17, 15) is 14.4 Å². The summed E-state index contributed by atoms with van der Waals surface area (Å²) in [5.74, 6) is -1.30. The van der Waals surface area contributed by atoms with Gasteiger partial charge in [0, 0.05) is 12.3 Å². The first-order valence-corrected chi connectivity index (χ1v) is 10.7. The molecule has 7 heteroatoms. The molecule has 0 saturated carbocycles. The number of hydrogen-bond donors (Lipinski definition) is 1. The van der Waals surface area contributed by atoms with Crippen molar-refractivity contribution in [1.29, 1.82) is 0 Å². The predicted molar refractivity (Wildman–Crippen MR) is 124 cm³/mol. The molecule has 2 aromatic rings. The van der Waals surface area contributed by atoms with Gasteiger partial charge in [0.1, 0.15) is 25.9 Å². The first-order chi connectivity index (χ1) is 16.0. The molecule has 7 nitrogen and oxygen atoms in total. The van der Waals surface area contributed by atoms with E-state index in [4.69, 9.17) is 14.2 Å². The molecule has 0 aromatic heterocycles. The van der Waals surface area contributed by atoms with Gasteiger partial charge in [-0.05, 0) is 28.7 Å². The van der Waals surface area contributed by atoms with Crippen molar-refractivity contribution < 1.29 is 28.6 Å². The third kappa shape index (κ3) is 6.10. The average Bonchev–Trinajstić information content (AvgIpc) is 3.16. The van der Waals surface area contributed by atoms with Crippen LogP contribution in [0, 0.1) is 0 Å². The number of benzene rings is 2. The zero-order valence-corrected chi connectivity index (χ0v) is 18.3. The lowest BCUT2D eigenvalue weighted by atomic mass is 9.98. The van der Waals surface area contributed by atoms with Crippen LogP contribution in [0.2, 0.25) is 0 Å². The Kier molecular flexibility index (Phi) is 8.41. The summed E-state index contributed by atoms with van der Waals surface area (Å²) in [4.78, 5) is 36.7. The number of carbonyl (C=O) groups excluding carboxylic acids is 3. The highest BCUT2D eigenvalue weighted by molar-refractivity contribution is 5.82. The van der Waals surface area contributed by atoms with E-state index in [2.05, 4.69) is 18.5 Å². The molecular weight excluding hydrogens is 422 g/mol. The van der Waals surface area contributed by atoms with E-state index < -0.39 is 24.1 Å². The van der Waals surface area contributed by atoms with Gasteiger partial charge in [-0.3, -0.25) is 4.79 Å². The highest BCUT2D eigenvalue weighted by atomic mass is 16.6. The lowest BCUT2D eigenvalue weighted by Crippen LogP contribution is -2.42. The number of esters is 2. The number of fused-ring (bicyclic) bond motifs is 3. The van der Waals surface area contributed by atoms with E-state index in [1.807, 2.05) is 48.5 Å². The first kappa shape index (κ1) is 23.8. The van der Waals surface area contributed by atoms with Gasteiger partial charge in [0.05, 0.1) is 0 Å². The fourth-order valence-electron chi connectivity index (χ4n) is 3.76. The van der Waals surface area contributed by atoms with Gasteiger partial charge < -0.3 is 19.5 Å². The van der Waals surface area contributed by atoms with Crippen LogP contribution in [-0.2, 0) is 23.8 Å². The van der Waals surface area contributed by atoms with Crippen LogP contribution in [0.25, 0.3) is 11.1 Å². The predicted octanol–water partition coefficient (Wildman–Crippen LogP) is 4.13. The normalized spacial score (nSPS) is 12.6. The Morgan fingerprint density at radius 3 is 2.06 bits per heavy atom. The molecule has 0 bridgehead atoms. The topological polar surface area (TPSA) is 90.9 Å². The van der Waals surface area contributed by atoms with Crippen LogP contribution in [-0.4, -0.2) is 43.9 Å². The van der Waals surface area contributed by atoms with E-state index in [1.165, 1.54) is 12.2 Å². The lowest BCUT2D eigenvalue weighted by molar-refractivity contribution is -0.146. The van der Waals surface area contributed by atoms with E-state index in [0.29, 0.717) is 0 Å². The largest absolute Gasteiger partial charge is 0.461 e. The van der Waals surface area contributed by atoms with Crippen molar-refractivity contribution >= 4 is 18.0 Å². The lowest BCUT2D eigenvalue weighted by Gasteiger charge is -2.19. The van der Waals surface area contributed by atoms with Crippen LogP contribution < -0.4 is 5.32 Å². The molecule has 0 unspecified atom stereocenters. The van der Waals surface area contributed by atoms with Crippen LogP contribution in [0.5, 0.6) is 0 Å². The summed E-state index contributed by atoms with van der Waals surface area (Å²) >= 11 is 0. The zero-order valence-electron chi connectivity index (χ0n) is 18.3. The van der Waals surface area contributed by atoms with Crippen LogP contribution in [0.1, 0.15) is 29.9 Å². The molecule has 1 amide bonds. The Morgan fingerprint density at radius 1 is 0.879 bits per heavy atom. The van der Waals surface area contributed by atoms with Gasteiger partial charge in [-0.15, -0.1) is 0 Å². The summed E-state index contributed by atoms with van der Waals surface area (Å²) in [6, 6.07) is 14.9. The van der Waals surface area contributed by atoms with Gasteiger partial charge in [0.25, 0.3) is 0 Å². The van der Waals surface area contributed by atoms with Gasteiger partial charge in [0.15, 0.2) is 0 Å². The average molecular weight is 450 g/mol. The fourth-order valence-corrected chi connectivity index (χ4v) is 3.76. The maximum atomic E-state index is 12.5. The quantitative estimate of drug-likeness (QED) is 0.315. The minimum atomic E-state index is -1.06. The SMILES string of the molecule is C=CCOC(=O)CC[C@H](NC(=O)OCC1c2ccccc2-c2ccccc21)C(=O)OCC=C. The highest BCUT2D eigenvalue weighted by Gasteiger charge is 2.30. The van der Waals surface area contributed by atoms with Crippen LogP contribution in [0.4, 0.5) is 4.79 Å². The van der Waals surface area contributed by atoms with Crippen LogP contribution in [0.15, 0.2) is 73.8 Å². The first-order valence-electron chi connectivity index (χ1n) is 10.7. The summed E-state index contributed by atoms with van der Waals surface area (Å²) in [5, 5.41) is 2.51. The van der Waals surface area contributed by atoms with Gasteiger partial charge >= 0.3 is 18.0 Å². The Morgan fingerprint density at radius 2 is 1.45 bits per heavy atom. The molecular formula is C26H27NO6. The van der Waals surface area contributed by atoms with E-state index >= 15 is 0 Å². The maximum Gasteiger partial charge on any atom is 0.407 e. The molecule has 2 aromatic carbocycles. The van der Waals surface area contributed by atoms with Crippen molar-refractivity contribution in [3.8, 4) is 11.1 Å². The molecule has 1 N–H and O–H groups in total. The molecule has 0 fully saturated rings. The van der Waals surface area contributed by atoms with Crippen molar-refractivity contribution in [1.82, 2.24) is 5.32 Å². The molecule has 0 aliphatic heterocycles. The van der Waals surface area contributed by atoms with Gasteiger partial charge in [-0.25, -0.2) is 9.59 Å². The van der Waals surface area contributed by atoms with E-state index in [1.54, 1.807) is 0 Å². The number of rotatable bonds is 11. The molecule has 33 heavy (non-hydrogen) atoms. The Labute approximate surface area is 193 Å².